The summed E-state index contributed by atoms with van der Waals surface area (Å²) in [7, 11) is 0. The molecule has 1 aromatic carbocycles. The number of para-hydroxylation sites is 1. The summed E-state index contributed by atoms with van der Waals surface area (Å²) in [4.78, 5) is 10.5. The van der Waals surface area contributed by atoms with E-state index in [1.807, 2.05) is 0 Å². The Morgan fingerprint density at radius 1 is 1.41 bits per heavy atom. The van der Waals surface area contributed by atoms with Gasteiger partial charge in [-0.1, -0.05) is 18.9 Å². The van der Waals surface area contributed by atoms with Crippen LogP contribution in [0.15, 0.2) is 18.2 Å². The van der Waals surface area contributed by atoms with Gasteiger partial charge in [0.25, 0.3) is 0 Å². The van der Waals surface area contributed by atoms with Crippen LogP contribution in [0, 0.1) is 16.0 Å². The van der Waals surface area contributed by atoms with Crippen LogP contribution in [-0.4, -0.2) is 11.5 Å². The number of benzene rings is 1. The fourth-order valence-electron chi connectivity index (χ4n) is 2.38. The summed E-state index contributed by atoms with van der Waals surface area (Å²) in [5.41, 5.74) is 6.36. The van der Waals surface area contributed by atoms with Crippen molar-refractivity contribution in [2.45, 2.75) is 25.7 Å². The largest absolute Gasteiger partial charge is 0.393 e. The maximum Gasteiger partial charge on any atom is 0.314 e. The third-order valence-electron chi connectivity index (χ3n) is 3.31. The molecular formula is C12H17N3O2. The van der Waals surface area contributed by atoms with Crippen LogP contribution in [-0.2, 0) is 0 Å². The smallest absolute Gasteiger partial charge is 0.314 e. The molecule has 0 aliphatic heterocycles. The zero-order chi connectivity index (χ0) is 12.3. The lowest BCUT2D eigenvalue weighted by Crippen LogP contribution is -2.12. The van der Waals surface area contributed by atoms with E-state index in [4.69, 9.17) is 5.73 Å². The van der Waals surface area contributed by atoms with Crippen LogP contribution in [0.2, 0.25) is 0 Å². The number of hydrogen-bond acceptors (Lipinski definition) is 4. The summed E-state index contributed by atoms with van der Waals surface area (Å²) in [5.74, 6) is 0.635. The van der Waals surface area contributed by atoms with Gasteiger partial charge in [0.15, 0.2) is 0 Å². The number of rotatable bonds is 4. The van der Waals surface area contributed by atoms with Crippen LogP contribution >= 0.6 is 0 Å². The Labute approximate surface area is 100 Å². The highest BCUT2D eigenvalue weighted by Gasteiger charge is 2.19. The van der Waals surface area contributed by atoms with E-state index in [0.717, 1.165) is 6.54 Å². The lowest BCUT2D eigenvalue weighted by Gasteiger charge is -2.12. The standard InChI is InChI=1S/C12H17N3O2/c13-10-6-3-7-11(12(10)15(16)17)14-8-9-4-1-2-5-9/h3,6-7,9,14H,1-2,4-5,8,13H2. The number of nitrogen functional groups attached to an aromatic ring is 1. The number of nitrogens with one attached hydrogen (secondary N) is 1. The first-order valence-corrected chi connectivity index (χ1v) is 5.95. The first-order valence-electron chi connectivity index (χ1n) is 5.95. The maximum atomic E-state index is 10.9. The molecule has 0 atom stereocenters. The van der Waals surface area contributed by atoms with Gasteiger partial charge in [0.05, 0.1) is 4.92 Å². The van der Waals surface area contributed by atoms with E-state index in [2.05, 4.69) is 5.32 Å². The summed E-state index contributed by atoms with van der Waals surface area (Å²) in [6.45, 7) is 0.796. The second-order valence-electron chi connectivity index (χ2n) is 4.53. The Kier molecular flexibility index (Phi) is 3.46. The van der Waals surface area contributed by atoms with Crippen molar-refractivity contribution < 1.29 is 4.92 Å². The molecular weight excluding hydrogens is 218 g/mol. The van der Waals surface area contributed by atoms with Gasteiger partial charge in [-0.05, 0) is 30.9 Å². The molecule has 0 heterocycles. The summed E-state index contributed by atoms with van der Waals surface area (Å²) in [6, 6.07) is 5.00. The van der Waals surface area contributed by atoms with Crippen molar-refractivity contribution in [2.24, 2.45) is 5.92 Å². The second kappa shape index (κ2) is 5.03. The molecule has 1 aliphatic carbocycles. The second-order valence-corrected chi connectivity index (χ2v) is 4.53. The van der Waals surface area contributed by atoms with E-state index >= 15 is 0 Å². The lowest BCUT2D eigenvalue weighted by molar-refractivity contribution is -0.383. The minimum absolute atomic E-state index is 0.00880. The first kappa shape index (κ1) is 11.7. The quantitative estimate of drug-likeness (QED) is 0.477. The van der Waals surface area contributed by atoms with Crippen molar-refractivity contribution in [3.8, 4) is 0 Å². The third-order valence-corrected chi connectivity index (χ3v) is 3.31. The number of nitrogens with two attached hydrogens (primary N) is 1. The third kappa shape index (κ3) is 2.67. The van der Waals surface area contributed by atoms with Gasteiger partial charge in [-0.25, -0.2) is 0 Å². The van der Waals surface area contributed by atoms with Crippen molar-refractivity contribution in [3.63, 3.8) is 0 Å². The van der Waals surface area contributed by atoms with Gasteiger partial charge in [0.1, 0.15) is 11.4 Å². The molecule has 1 aliphatic rings. The molecule has 2 rings (SSSR count). The monoisotopic (exact) mass is 235 g/mol. The van der Waals surface area contributed by atoms with Crippen molar-refractivity contribution in [3.05, 3.63) is 28.3 Å². The molecule has 0 aromatic heterocycles. The molecule has 0 spiro atoms. The summed E-state index contributed by atoms with van der Waals surface area (Å²) >= 11 is 0. The molecule has 92 valence electrons. The molecule has 1 saturated carbocycles. The lowest BCUT2D eigenvalue weighted by atomic mass is 10.1. The van der Waals surface area contributed by atoms with Gasteiger partial charge >= 0.3 is 5.69 Å². The van der Waals surface area contributed by atoms with Gasteiger partial charge in [-0.2, -0.15) is 0 Å². The molecule has 5 heteroatoms. The summed E-state index contributed by atoms with van der Waals surface area (Å²) in [5, 5.41) is 14.1. The van der Waals surface area contributed by atoms with Gasteiger partial charge in [-0.15, -0.1) is 0 Å². The topological polar surface area (TPSA) is 81.2 Å². The molecule has 3 N–H and O–H groups in total. The molecule has 1 fully saturated rings. The van der Waals surface area contributed by atoms with E-state index in [9.17, 15) is 10.1 Å². The zero-order valence-electron chi connectivity index (χ0n) is 9.69. The number of nitro groups is 1. The highest BCUT2D eigenvalue weighted by molar-refractivity contribution is 5.74. The van der Waals surface area contributed by atoms with E-state index in [1.165, 1.54) is 25.7 Å². The van der Waals surface area contributed by atoms with Gasteiger partial charge in [0.2, 0.25) is 0 Å². The number of anilines is 2. The molecule has 0 saturated heterocycles. The van der Waals surface area contributed by atoms with E-state index in [1.54, 1.807) is 18.2 Å². The molecule has 0 amide bonds. The Balaban J connectivity index is 2.09. The Bertz CT molecular complexity index is 414. The maximum absolute atomic E-state index is 10.9. The Hall–Kier alpha value is -1.78. The predicted molar refractivity (Wildman–Crippen MR) is 68.0 cm³/mol. The SMILES string of the molecule is Nc1cccc(NCC2CCCC2)c1[N+](=O)[O-]. The highest BCUT2D eigenvalue weighted by Crippen LogP contribution is 2.32. The van der Waals surface area contributed by atoms with E-state index in [0.29, 0.717) is 11.6 Å². The van der Waals surface area contributed by atoms with Crippen LogP contribution in [0.3, 0.4) is 0 Å². The minimum atomic E-state index is -0.424. The molecule has 0 bridgehead atoms. The fraction of sp³-hybridized carbons (Fsp3) is 0.500. The van der Waals surface area contributed by atoms with Crippen molar-refractivity contribution in [1.29, 1.82) is 0 Å². The van der Waals surface area contributed by atoms with Gasteiger partial charge < -0.3 is 11.1 Å². The Morgan fingerprint density at radius 2 is 2.12 bits per heavy atom. The molecule has 0 unspecified atom stereocenters. The van der Waals surface area contributed by atoms with E-state index < -0.39 is 4.92 Å². The minimum Gasteiger partial charge on any atom is -0.393 e. The van der Waals surface area contributed by atoms with Crippen LogP contribution in [0.1, 0.15) is 25.7 Å². The number of nitro benzene ring substituents is 1. The number of nitrogens with zero attached hydrogens (tertiary/aromatic N) is 1. The molecule has 1 aromatic rings. The van der Waals surface area contributed by atoms with Gasteiger partial charge in [-0.3, -0.25) is 10.1 Å². The highest BCUT2D eigenvalue weighted by atomic mass is 16.6. The first-order chi connectivity index (χ1) is 8.18. The van der Waals surface area contributed by atoms with Gasteiger partial charge in [0, 0.05) is 6.54 Å². The van der Waals surface area contributed by atoms with Crippen LogP contribution in [0.25, 0.3) is 0 Å². The van der Waals surface area contributed by atoms with Crippen LogP contribution in [0.4, 0.5) is 17.1 Å². The molecule has 0 radical (unpaired) electrons. The fourth-order valence-corrected chi connectivity index (χ4v) is 2.38. The van der Waals surface area contributed by atoms with E-state index in [-0.39, 0.29) is 11.4 Å². The van der Waals surface area contributed by atoms with Crippen molar-refractivity contribution >= 4 is 17.1 Å². The summed E-state index contributed by atoms with van der Waals surface area (Å²) in [6.07, 6.45) is 4.96. The predicted octanol–water partition coefficient (Wildman–Crippen LogP) is 2.78. The average molecular weight is 235 g/mol. The van der Waals surface area contributed by atoms with Crippen molar-refractivity contribution in [2.75, 3.05) is 17.6 Å². The molecule has 17 heavy (non-hydrogen) atoms. The van der Waals surface area contributed by atoms with Crippen LogP contribution in [0.5, 0.6) is 0 Å². The van der Waals surface area contributed by atoms with Crippen molar-refractivity contribution in [1.82, 2.24) is 0 Å². The molecule has 5 nitrogen and oxygen atoms in total. The normalized spacial score (nSPS) is 16.0. The summed E-state index contributed by atoms with van der Waals surface area (Å²) < 4.78 is 0. The number of hydrogen-bond donors (Lipinski definition) is 2. The van der Waals surface area contributed by atoms with Crippen LogP contribution < -0.4 is 11.1 Å². The average Bonchev–Trinajstić information content (AvgIpc) is 2.78. The Morgan fingerprint density at radius 3 is 2.76 bits per heavy atom. The zero-order valence-corrected chi connectivity index (χ0v) is 9.69.